The Balaban J connectivity index is 1.44. The van der Waals surface area contributed by atoms with E-state index in [0.29, 0.717) is 20.9 Å². The van der Waals surface area contributed by atoms with Gasteiger partial charge in [0.25, 0.3) is 5.91 Å². The molecule has 8 heteroatoms. The van der Waals surface area contributed by atoms with E-state index in [0.717, 1.165) is 37.2 Å². The molecule has 1 saturated heterocycles. The van der Waals surface area contributed by atoms with Gasteiger partial charge in [-0.2, -0.15) is 0 Å². The Kier molecular flexibility index (Phi) is 5.92. The summed E-state index contributed by atoms with van der Waals surface area (Å²) in [5.74, 6) is -0.209. The number of rotatable bonds is 5. The first-order chi connectivity index (χ1) is 13.6. The van der Waals surface area contributed by atoms with Gasteiger partial charge in [-0.15, -0.1) is 11.3 Å². The summed E-state index contributed by atoms with van der Waals surface area (Å²) in [4.78, 5) is 23.6. The zero-order chi connectivity index (χ0) is 19.5. The van der Waals surface area contributed by atoms with E-state index < -0.39 is 0 Å². The molecule has 1 aromatic carbocycles. The van der Waals surface area contributed by atoms with Crippen molar-refractivity contribution in [3.8, 4) is 0 Å². The number of hydrogen-bond acceptors (Lipinski definition) is 5. The number of likely N-dealkylation sites (tertiary alicyclic amines) is 1. The molecule has 0 spiro atoms. The first-order valence-electron chi connectivity index (χ1n) is 8.95. The molecule has 1 aliphatic heterocycles. The van der Waals surface area contributed by atoms with Crippen molar-refractivity contribution >= 4 is 45.6 Å². The molecule has 5 nitrogen and oxygen atoms in total. The number of halogens is 2. The summed E-state index contributed by atoms with van der Waals surface area (Å²) in [5.41, 5.74) is 2.63. The molecule has 144 valence electrons. The predicted molar refractivity (Wildman–Crippen MR) is 113 cm³/mol. The minimum Gasteiger partial charge on any atom is -0.298 e. The summed E-state index contributed by atoms with van der Waals surface area (Å²) in [6, 6.07) is 10.9. The van der Waals surface area contributed by atoms with Gasteiger partial charge in [0, 0.05) is 28.7 Å². The first kappa shape index (κ1) is 19.3. The Morgan fingerprint density at radius 2 is 2.18 bits per heavy atom. The molecule has 3 heterocycles. The van der Waals surface area contributed by atoms with Gasteiger partial charge in [0.15, 0.2) is 5.13 Å². The fraction of sp³-hybridized carbons (Fsp3) is 0.250. The van der Waals surface area contributed by atoms with Crippen LogP contribution in [0.3, 0.4) is 0 Å². The lowest BCUT2D eigenvalue weighted by molar-refractivity contribution is 0.102. The van der Waals surface area contributed by atoms with Crippen LogP contribution in [0.4, 0.5) is 5.13 Å². The van der Waals surface area contributed by atoms with Gasteiger partial charge in [-0.25, -0.2) is 9.97 Å². The molecule has 2 aromatic heterocycles. The van der Waals surface area contributed by atoms with E-state index in [9.17, 15) is 4.79 Å². The summed E-state index contributed by atoms with van der Waals surface area (Å²) >= 11 is 13.3. The summed E-state index contributed by atoms with van der Waals surface area (Å²) in [5, 5.41) is 6.52. The molecule has 1 fully saturated rings. The predicted octanol–water partition coefficient (Wildman–Crippen LogP) is 5.43. The lowest BCUT2D eigenvalue weighted by Gasteiger charge is -2.22. The number of anilines is 1. The largest absolute Gasteiger partial charge is 0.298 e. The summed E-state index contributed by atoms with van der Waals surface area (Å²) in [7, 11) is 0. The fourth-order valence-electron chi connectivity index (χ4n) is 3.38. The van der Waals surface area contributed by atoms with Gasteiger partial charge in [-0.3, -0.25) is 15.0 Å². The zero-order valence-corrected chi connectivity index (χ0v) is 17.3. The molecular formula is C20H18Cl2N4OS. The van der Waals surface area contributed by atoms with Gasteiger partial charge in [0.05, 0.1) is 11.7 Å². The number of aromatic nitrogens is 2. The number of hydrogen-bond donors (Lipinski definition) is 1. The maximum absolute atomic E-state index is 12.4. The van der Waals surface area contributed by atoms with Gasteiger partial charge >= 0.3 is 0 Å². The van der Waals surface area contributed by atoms with Gasteiger partial charge in [-0.05, 0) is 49.2 Å². The van der Waals surface area contributed by atoms with Crippen LogP contribution in [-0.4, -0.2) is 27.3 Å². The van der Waals surface area contributed by atoms with E-state index in [1.165, 1.54) is 11.3 Å². The van der Waals surface area contributed by atoms with Crippen molar-refractivity contribution in [1.29, 1.82) is 0 Å². The number of nitrogens with zero attached hydrogens (tertiary/aromatic N) is 3. The maximum atomic E-state index is 12.4. The molecule has 0 aliphatic carbocycles. The maximum Gasteiger partial charge on any atom is 0.257 e. The van der Waals surface area contributed by atoms with Crippen molar-refractivity contribution in [3.63, 3.8) is 0 Å². The minimum atomic E-state index is -0.209. The normalized spacial score (nSPS) is 17.0. The van der Waals surface area contributed by atoms with Gasteiger partial charge in [0.2, 0.25) is 0 Å². The van der Waals surface area contributed by atoms with Crippen LogP contribution in [0.5, 0.6) is 0 Å². The lowest BCUT2D eigenvalue weighted by Crippen LogP contribution is -2.23. The molecular weight excluding hydrogens is 415 g/mol. The van der Waals surface area contributed by atoms with Crippen LogP contribution in [0.1, 0.15) is 40.5 Å². The summed E-state index contributed by atoms with van der Waals surface area (Å²) in [6.07, 6.45) is 3.98. The average Bonchev–Trinajstić information content (AvgIpc) is 3.33. The highest BCUT2D eigenvalue weighted by atomic mass is 35.5. The Morgan fingerprint density at radius 3 is 2.96 bits per heavy atom. The number of nitrogens with one attached hydrogen (secondary N) is 1. The van der Waals surface area contributed by atoms with Crippen LogP contribution >= 0.6 is 34.5 Å². The quantitative estimate of drug-likeness (QED) is 0.545. The second-order valence-electron chi connectivity index (χ2n) is 6.66. The Bertz CT molecular complexity index is 976. The molecule has 1 atom stereocenters. The summed E-state index contributed by atoms with van der Waals surface area (Å²) in [6.45, 7) is 1.81. The van der Waals surface area contributed by atoms with Crippen molar-refractivity contribution in [1.82, 2.24) is 14.9 Å². The third kappa shape index (κ3) is 4.52. The van der Waals surface area contributed by atoms with Gasteiger partial charge < -0.3 is 0 Å². The standard InChI is InChI=1S/C20H18Cl2N4OS/c21-15-4-1-3-14(9-15)19(27)25-20-24-16(12-28-20)17-5-2-8-26(17)11-13-6-7-18(22)23-10-13/h1,3-4,6-7,9-10,12,17H,2,5,8,11H2,(H,24,25,27)/t17-/m0/s1. The highest BCUT2D eigenvalue weighted by Crippen LogP contribution is 2.34. The van der Waals surface area contributed by atoms with Crippen molar-refractivity contribution < 1.29 is 4.79 Å². The molecule has 0 unspecified atom stereocenters. The van der Waals surface area contributed by atoms with E-state index in [1.807, 2.05) is 23.7 Å². The minimum absolute atomic E-state index is 0.209. The van der Waals surface area contributed by atoms with E-state index in [2.05, 4.69) is 20.2 Å². The SMILES string of the molecule is O=C(Nc1nc([C@@H]2CCCN2Cc2ccc(Cl)nc2)cs1)c1cccc(Cl)c1. The third-order valence-corrected chi connectivity index (χ3v) is 5.94. The van der Waals surface area contributed by atoms with E-state index in [4.69, 9.17) is 23.2 Å². The first-order valence-corrected chi connectivity index (χ1v) is 10.6. The highest BCUT2D eigenvalue weighted by Gasteiger charge is 2.28. The number of amides is 1. The molecule has 1 aliphatic rings. The van der Waals surface area contributed by atoms with E-state index >= 15 is 0 Å². The summed E-state index contributed by atoms with van der Waals surface area (Å²) < 4.78 is 0. The highest BCUT2D eigenvalue weighted by molar-refractivity contribution is 7.14. The average molecular weight is 433 g/mol. The Labute approximate surface area is 177 Å². The van der Waals surface area contributed by atoms with Gasteiger partial charge in [0.1, 0.15) is 5.15 Å². The third-order valence-electron chi connectivity index (χ3n) is 4.71. The van der Waals surface area contributed by atoms with Crippen molar-refractivity contribution in [3.05, 3.63) is 75.0 Å². The van der Waals surface area contributed by atoms with Crippen molar-refractivity contribution in [2.24, 2.45) is 0 Å². The van der Waals surface area contributed by atoms with Crippen molar-refractivity contribution in [2.45, 2.75) is 25.4 Å². The van der Waals surface area contributed by atoms with Crippen LogP contribution in [0, 0.1) is 0 Å². The van der Waals surface area contributed by atoms with E-state index in [1.54, 1.807) is 24.3 Å². The Morgan fingerprint density at radius 1 is 1.29 bits per heavy atom. The van der Waals surface area contributed by atoms with Crippen LogP contribution in [0.25, 0.3) is 0 Å². The van der Waals surface area contributed by atoms with E-state index in [-0.39, 0.29) is 11.9 Å². The fourth-order valence-corrected chi connectivity index (χ4v) is 4.43. The molecule has 1 amide bonds. The van der Waals surface area contributed by atoms with Crippen LogP contribution in [0.2, 0.25) is 10.2 Å². The molecule has 0 radical (unpaired) electrons. The molecule has 28 heavy (non-hydrogen) atoms. The molecule has 0 bridgehead atoms. The van der Waals surface area contributed by atoms with Gasteiger partial charge in [-0.1, -0.05) is 35.3 Å². The van der Waals surface area contributed by atoms with Crippen molar-refractivity contribution in [2.75, 3.05) is 11.9 Å². The number of carbonyl (C=O) groups excluding carboxylic acids is 1. The topological polar surface area (TPSA) is 58.1 Å². The molecule has 1 N–H and O–H groups in total. The number of thiazole rings is 1. The second-order valence-corrected chi connectivity index (χ2v) is 8.34. The van der Waals surface area contributed by atoms with Crippen LogP contribution in [0.15, 0.2) is 48.0 Å². The molecule has 0 saturated carbocycles. The molecule has 4 rings (SSSR count). The zero-order valence-electron chi connectivity index (χ0n) is 14.9. The second kappa shape index (κ2) is 8.57. The van der Waals surface area contributed by atoms with Crippen LogP contribution in [-0.2, 0) is 6.54 Å². The number of carbonyl (C=O) groups is 1. The lowest BCUT2D eigenvalue weighted by atomic mass is 10.1. The smallest absolute Gasteiger partial charge is 0.257 e. The number of pyridine rings is 1. The monoisotopic (exact) mass is 432 g/mol. The molecule has 3 aromatic rings. The van der Waals surface area contributed by atoms with Crippen LogP contribution < -0.4 is 5.32 Å². The Hall–Kier alpha value is -1.99. The number of benzene rings is 1.